The van der Waals surface area contributed by atoms with Crippen LogP contribution in [-0.2, 0) is 21.4 Å². The molecule has 0 bridgehead atoms. The van der Waals surface area contributed by atoms with Gasteiger partial charge in [-0.15, -0.1) is 0 Å². The van der Waals surface area contributed by atoms with Gasteiger partial charge in [-0.2, -0.15) is 5.10 Å². The molecule has 0 amide bonds. The van der Waals surface area contributed by atoms with E-state index in [1.165, 1.54) is 43.5 Å². The summed E-state index contributed by atoms with van der Waals surface area (Å²) in [4.78, 5) is 41.7. The fraction of sp³-hybridized carbons (Fsp3) is 0.125. The number of hydrogen-bond acceptors (Lipinski definition) is 9. The molecule has 190 valence electrons. The molecule has 0 aliphatic rings. The molecule has 1 heterocycles. The summed E-state index contributed by atoms with van der Waals surface area (Å²) in [6.45, 7) is 1.75. The van der Waals surface area contributed by atoms with Gasteiger partial charge >= 0.3 is 16.0 Å². The number of hydrogen-bond donors (Lipinski definition) is 1. The molecular formula is C24H20N4O8S. The van der Waals surface area contributed by atoms with Gasteiger partial charge in [0.05, 0.1) is 35.9 Å². The average Bonchev–Trinajstić information content (AvgIpc) is 3.29. The van der Waals surface area contributed by atoms with Crippen molar-refractivity contribution >= 4 is 37.7 Å². The van der Waals surface area contributed by atoms with Crippen LogP contribution in [-0.4, -0.2) is 41.3 Å². The second-order valence-electron chi connectivity index (χ2n) is 7.91. The zero-order valence-corrected chi connectivity index (χ0v) is 20.4. The van der Waals surface area contributed by atoms with Gasteiger partial charge in [-0.3, -0.25) is 19.6 Å². The van der Waals surface area contributed by atoms with E-state index in [4.69, 9.17) is 4.74 Å². The maximum Gasteiger partial charge on any atom is 0.357 e. The molecule has 1 aromatic heterocycles. The van der Waals surface area contributed by atoms with Gasteiger partial charge in [-0.05, 0) is 41.6 Å². The van der Waals surface area contributed by atoms with E-state index in [1.54, 1.807) is 47.0 Å². The van der Waals surface area contributed by atoms with Gasteiger partial charge in [0.15, 0.2) is 0 Å². The number of nitro groups is 1. The van der Waals surface area contributed by atoms with Crippen molar-refractivity contribution in [2.75, 3.05) is 7.11 Å². The SMILES string of the molecule is COc1cc(C(=O)ONS(=O)(=O)C(=O)c2ccccc2C)ccc1Cn1ncc2ccc([N+](=O)[O-])cc21. The molecule has 37 heavy (non-hydrogen) atoms. The normalized spacial score (nSPS) is 11.3. The van der Waals surface area contributed by atoms with Crippen LogP contribution in [0.15, 0.2) is 66.9 Å². The smallest absolute Gasteiger partial charge is 0.357 e. The fourth-order valence-electron chi connectivity index (χ4n) is 3.60. The number of aromatic nitrogens is 2. The number of rotatable bonds is 8. The summed E-state index contributed by atoms with van der Waals surface area (Å²) in [5, 5.41) is 14.9. The molecule has 0 unspecified atom stereocenters. The lowest BCUT2D eigenvalue weighted by molar-refractivity contribution is -0.384. The van der Waals surface area contributed by atoms with Crippen molar-refractivity contribution in [3.8, 4) is 5.75 Å². The van der Waals surface area contributed by atoms with Crippen LogP contribution in [0.3, 0.4) is 0 Å². The summed E-state index contributed by atoms with van der Waals surface area (Å²) in [5.74, 6) is -0.798. The van der Waals surface area contributed by atoms with Crippen LogP contribution in [0, 0.1) is 17.0 Å². The lowest BCUT2D eigenvalue weighted by Crippen LogP contribution is -2.33. The molecule has 4 rings (SSSR count). The highest BCUT2D eigenvalue weighted by atomic mass is 32.2. The zero-order valence-electron chi connectivity index (χ0n) is 19.6. The lowest BCUT2D eigenvalue weighted by Gasteiger charge is -2.12. The Kier molecular flexibility index (Phi) is 7.00. The third kappa shape index (κ3) is 5.32. The predicted molar refractivity (Wildman–Crippen MR) is 131 cm³/mol. The van der Waals surface area contributed by atoms with Crippen molar-refractivity contribution in [2.24, 2.45) is 0 Å². The molecule has 0 spiro atoms. The number of methoxy groups -OCH3 is 1. The van der Waals surface area contributed by atoms with Gasteiger partial charge in [-0.25, -0.2) is 13.2 Å². The summed E-state index contributed by atoms with van der Waals surface area (Å²) >= 11 is 0. The molecule has 0 aliphatic heterocycles. The third-order valence-corrected chi connectivity index (χ3v) is 6.55. The van der Waals surface area contributed by atoms with E-state index in [-0.39, 0.29) is 29.1 Å². The molecule has 12 nitrogen and oxygen atoms in total. The molecule has 0 saturated carbocycles. The largest absolute Gasteiger partial charge is 0.496 e. The first-order valence-corrected chi connectivity index (χ1v) is 12.2. The lowest BCUT2D eigenvalue weighted by atomic mass is 10.1. The number of non-ortho nitro benzene ring substituents is 1. The van der Waals surface area contributed by atoms with Crippen molar-refractivity contribution in [3.05, 3.63) is 99.2 Å². The highest BCUT2D eigenvalue weighted by Gasteiger charge is 2.27. The zero-order chi connectivity index (χ0) is 26.7. The Morgan fingerprint density at radius 3 is 2.57 bits per heavy atom. The van der Waals surface area contributed by atoms with Crippen molar-refractivity contribution in [1.82, 2.24) is 14.7 Å². The van der Waals surface area contributed by atoms with Crippen molar-refractivity contribution in [3.63, 3.8) is 0 Å². The van der Waals surface area contributed by atoms with Gasteiger partial charge in [0.25, 0.3) is 10.8 Å². The first kappa shape index (κ1) is 25.5. The number of carbonyl (C=O) groups excluding carboxylic acids is 2. The maximum absolute atomic E-state index is 12.5. The molecule has 0 atom stereocenters. The van der Waals surface area contributed by atoms with E-state index in [1.807, 2.05) is 0 Å². The Bertz CT molecular complexity index is 1650. The van der Waals surface area contributed by atoms with Crippen LogP contribution in [0.4, 0.5) is 5.69 Å². The van der Waals surface area contributed by atoms with E-state index in [0.717, 1.165) is 0 Å². The number of carbonyl (C=O) groups is 2. The second kappa shape index (κ2) is 10.2. The average molecular weight is 525 g/mol. The van der Waals surface area contributed by atoms with E-state index in [9.17, 15) is 28.1 Å². The maximum atomic E-state index is 12.5. The number of nitrogens with one attached hydrogen (secondary N) is 1. The molecule has 13 heteroatoms. The van der Waals surface area contributed by atoms with Gasteiger partial charge in [0, 0.05) is 28.6 Å². The minimum Gasteiger partial charge on any atom is -0.496 e. The Labute approximate surface area is 210 Å². The van der Waals surface area contributed by atoms with E-state index in [0.29, 0.717) is 22.0 Å². The molecule has 1 N–H and O–H groups in total. The van der Waals surface area contributed by atoms with E-state index < -0.39 is 26.0 Å². The van der Waals surface area contributed by atoms with Crippen LogP contribution < -0.4 is 9.62 Å². The number of fused-ring (bicyclic) bond motifs is 1. The summed E-state index contributed by atoms with van der Waals surface area (Å²) in [6, 6.07) is 14.8. The molecule has 0 fully saturated rings. The van der Waals surface area contributed by atoms with Crippen LogP contribution in [0.2, 0.25) is 0 Å². The summed E-state index contributed by atoms with van der Waals surface area (Å²) in [7, 11) is -3.27. The Morgan fingerprint density at radius 2 is 1.86 bits per heavy atom. The number of aryl methyl sites for hydroxylation is 1. The number of sulfonamides is 1. The molecule has 0 radical (unpaired) electrons. The standard InChI is InChI=1S/C24H20N4O8S/c1-15-5-3-4-6-20(15)24(30)37(33,34)26-36-23(29)16-7-8-18(22(11-16)35-2)14-27-21-12-19(28(31)32)10-9-17(21)13-25-27/h3-13,26H,14H2,1-2H3. The highest BCUT2D eigenvalue weighted by molar-refractivity contribution is 8.04. The molecule has 0 saturated heterocycles. The predicted octanol–water partition coefficient (Wildman–Crippen LogP) is 3.14. The second-order valence-corrected chi connectivity index (χ2v) is 9.45. The fourth-order valence-corrected chi connectivity index (χ4v) is 4.38. The van der Waals surface area contributed by atoms with E-state index >= 15 is 0 Å². The van der Waals surface area contributed by atoms with Crippen LogP contribution in [0.25, 0.3) is 10.9 Å². The Morgan fingerprint density at radius 1 is 1.11 bits per heavy atom. The highest BCUT2D eigenvalue weighted by Crippen LogP contribution is 2.25. The topological polar surface area (TPSA) is 160 Å². The van der Waals surface area contributed by atoms with Crippen molar-refractivity contribution in [1.29, 1.82) is 0 Å². The van der Waals surface area contributed by atoms with E-state index in [2.05, 4.69) is 9.94 Å². The van der Waals surface area contributed by atoms with Crippen LogP contribution in [0.5, 0.6) is 5.75 Å². The first-order valence-electron chi connectivity index (χ1n) is 10.7. The molecular weight excluding hydrogens is 504 g/mol. The molecule has 0 aliphatic carbocycles. The van der Waals surface area contributed by atoms with Gasteiger partial charge in [-0.1, -0.05) is 24.3 Å². The molecule has 4 aromatic rings. The number of benzene rings is 3. The Hall–Kier alpha value is -4.62. The van der Waals surface area contributed by atoms with Crippen molar-refractivity contribution < 1.29 is 32.5 Å². The van der Waals surface area contributed by atoms with Crippen molar-refractivity contribution in [2.45, 2.75) is 13.5 Å². The number of nitrogens with zero attached hydrogens (tertiary/aromatic N) is 3. The van der Waals surface area contributed by atoms with Crippen LogP contribution >= 0.6 is 0 Å². The van der Waals surface area contributed by atoms with Gasteiger partial charge in [0.2, 0.25) is 0 Å². The van der Waals surface area contributed by atoms with Gasteiger partial charge in [0.1, 0.15) is 5.75 Å². The number of ether oxygens (including phenoxy) is 1. The molecule has 3 aromatic carbocycles. The number of nitro benzene ring substituents is 1. The van der Waals surface area contributed by atoms with Crippen LogP contribution in [0.1, 0.15) is 31.8 Å². The minimum atomic E-state index is -4.65. The van der Waals surface area contributed by atoms with Gasteiger partial charge < -0.3 is 9.57 Å². The monoisotopic (exact) mass is 524 g/mol. The quantitative estimate of drug-likeness (QED) is 0.270. The first-order chi connectivity index (χ1) is 17.6. The Balaban J connectivity index is 1.51. The summed E-state index contributed by atoms with van der Waals surface area (Å²) in [6.07, 6.45) is 1.57. The summed E-state index contributed by atoms with van der Waals surface area (Å²) in [5.41, 5.74) is 1.39. The minimum absolute atomic E-state index is 0.0476. The third-order valence-electron chi connectivity index (χ3n) is 5.54. The summed E-state index contributed by atoms with van der Waals surface area (Å²) < 4.78 is 31.6.